The van der Waals surface area contributed by atoms with Gasteiger partial charge in [0.15, 0.2) is 6.04 Å². The molecule has 1 unspecified atom stereocenters. The van der Waals surface area contributed by atoms with E-state index in [-0.39, 0.29) is 25.5 Å². The maximum Gasteiger partial charge on any atom is 0.328 e. The number of hydrogen-bond acceptors (Lipinski definition) is 4. The highest BCUT2D eigenvalue weighted by molar-refractivity contribution is 5.83. The summed E-state index contributed by atoms with van der Waals surface area (Å²) < 4.78 is 4.68. The van der Waals surface area contributed by atoms with E-state index in [4.69, 9.17) is 5.11 Å². The summed E-state index contributed by atoms with van der Waals surface area (Å²) in [7, 11) is 1.34. The van der Waals surface area contributed by atoms with Gasteiger partial charge in [0.05, 0.1) is 6.61 Å². The molecular formula is C12H23N3O5. The molecule has 1 atom stereocenters. The van der Waals surface area contributed by atoms with E-state index in [2.05, 4.69) is 20.7 Å². The maximum absolute atomic E-state index is 11.4. The van der Waals surface area contributed by atoms with Gasteiger partial charge in [0.25, 0.3) is 0 Å². The van der Waals surface area contributed by atoms with Gasteiger partial charge in [-0.3, -0.25) is 4.79 Å². The summed E-state index contributed by atoms with van der Waals surface area (Å²) in [5, 5.41) is 16.2. The molecule has 0 spiro atoms. The van der Waals surface area contributed by atoms with Crippen molar-refractivity contribution in [2.75, 3.05) is 26.8 Å². The Hall–Kier alpha value is -1.83. The number of carbonyl (C=O) groups is 3. The summed E-state index contributed by atoms with van der Waals surface area (Å²) >= 11 is 0. The van der Waals surface area contributed by atoms with E-state index in [1.54, 1.807) is 0 Å². The Morgan fingerprint density at radius 1 is 1.20 bits per heavy atom. The van der Waals surface area contributed by atoms with E-state index in [9.17, 15) is 14.4 Å². The van der Waals surface area contributed by atoms with Crippen molar-refractivity contribution < 1.29 is 24.2 Å². The number of carbonyl (C=O) groups excluding carboxylic acids is 2. The van der Waals surface area contributed by atoms with Crippen LogP contribution in [0, 0.1) is 5.92 Å². The molecule has 0 rings (SSSR count). The van der Waals surface area contributed by atoms with Gasteiger partial charge in [-0.25, -0.2) is 9.59 Å². The van der Waals surface area contributed by atoms with Crippen LogP contribution in [-0.4, -0.2) is 55.9 Å². The average Bonchev–Trinajstić information content (AvgIpc) is 2.35. The molecule has 0 aromatic heterocycles. The van der Waals surface area contributed by atoms with Crippen LogP contribution in [0.5, 0.6) is 0 Å². The van der Waals surface area contributed by atoms with Crippen LogP contribution in [0.15, 0.2) is 0 Å². The van der Waals surface area contributed by atoms with Gasteiger partial charge in [-0.05, 0) is 5.92 Å². The van der Waals surface area contributed by atoms with E-state index in [1.807, 2.05) is 13.8 Å². The van der Waals surface area contributed by atoms with Gasteiger partial charge >= 0.3 is 12.0 Å². The first kappa shape index (κ1) is 18.2. The third-order valence-electron chi connectivity index (χ3n) is 2.28. The van der Waals surface area contributed by atoms with E-state index in [0.29, 0.717) is 12.5 Å². The van der Waals surface area contributed by atoms with Gasteiger partial charge < -0.3 is 25.8 Å². The normalized spacial score (nSPS) is 11.8. The van der Waals surface area contributed by atoms with Gasteiger partial charge in [0.2, 0.25) is 5.91 Å². The monoisotopic (exact) mass is 289 g/mol. The van der Waals surface area contributed by atoms with Crippen molar-refractivity contribution in [2.24, 2.45) is 5.92 Å². The van der Waals surface area contributed by atoms with Crippen LogP contribution >= 0.6 is 0 Å². The molecule has 20 heavy (non-hydrogen) atoms. The molecule has 3 amide bonds. The first-order valence-corrected chi connectivity index (χ1v) is 6.39. The number of amides is 3. The Morgan fingerprint density at radius 3 is 2.35 bits per heavy atom. The lowest BCUT2D eigenvalue weighted by atomic mass is 10.2. The molecule has 0 radical (unpaired) electrons. The third-order valence-corrected chi connectivity index (χ3v) is 2.28. The zero-order valence-corrected chi connectivity index (χ0v) is 12.1. The Morgan fingerprint density at radius 2 is 1.85 bits per heavy atom. The molecule has 4 N–H and O–H groups in total. The highest BCUT2D eigenvalue weighted by Gasteiger charge is 2.19. The van der Waals surface area contributed by atoms with Gasteiger partial charge in [0.1, 0.15) is 0 Å². The van der Waals surface area contributed by atoms with Gasteiger partial charge in [0, 0.05) is 26.6 Å². The zero-order valence-electron chi connectivity index (χ0n) is 12.1. The van der Waals surface area contributed by atoms with Crippen molar-refractivity contribution in [1.29, 1.82) is 0 Å². The third kappa shape index (κ3) is 9.15. The number of carboxylic acid groups (broad SMARTS) is 1. The number of hydrogen-bond donors (Lipinski definition) is 4. The molecule has 0 bridgehead atoms. The molecule has 0 aliphatic heterocycles. The topological polar surface area (TPSA) is 117 Å². The lowest BCUT2D eigenvalue weighted by Gasteiger charge is -2.14. The molecule has 0 fully saturated rings. The summed E-state index contributed by atoms with van der Waals surface area (Å²) in [6.45, 7) is 4.55. The molecule has 0 heterocycles. The molecule has 8 heteroatoms. The van der Waals surface area contributed by atoms with Crippen molar-refractivity contribution in [2.45, 2.75) is 26.3 Å². The van der Waals surface area contributed by atoms with Crippen LogP contribution in [0.3, 0.4) is 0 Å². The second-order valence-electron chi connectivity index (χ2n) is 4.69. The predicted molar refractivity (Wildman–Crippen MR) is 72.3 cm³/mol. The van der Waals surface area contributed by atoms with Gasteiger partial charge in [-0.1, -0.05) is 13.8 Å². The smallest absolute Gasteiger partial charge is 0.328 e. The Bertz CT molecular complexity index is 333. The van der Waals surface area contributed by atoms with Crippen molar-refractivity contribution in [3.8, 4) is 0 Å². The minimum Gasteiger partial charge on any atom is -0.480 e. The number of rotatable bonds is 9. The standard InChI is InChI=1S/C12H23N3O5/c1-8(2)6-14-10(16)4-5-13-12(19)15-9(7-20-3)11(17)18/h8-9H,4-7H2,1-3H3,(H,14,16)(H,17,18)(H2,13,15,19). The number of carboxylic acids is 1. The summed E-state index contributed by atoms with van der Waals surface area (Å²) in [6, 6.07) is -1.76. The molecule has 0 aromatic carbocycles. The number of nitrogens with one attached hydrogen (secondary N) is 3. The quantitative estimate of drug-likeness (QED) is 0.458. The minimum atomic E-state index is -1.18. The molecule has 8 nitrogen and oxygen atoms in total. The molecule has 0 saturated heterocycles. The summed E-state index contributed by atoms with van der Waals surface area (Å²) in [6.07, 6.45) is 0.141. The number of ether oxygens (including phenoxy) is 1. The molecule has 0 aliphatic rings. The van der Waals surface area contributed by atoms with Crippen molar-refractivity contribution in [3.05, 3.63) is 0 Å². The van der Waals surface area contributed by atoms with Crippen LogP contribution in [0.1, 0.15) is 20.3 Å². The van der Waals surface area contributed by atoms with Crippen LogP contribution in [0.2, 0.25) is 0 Å². The highest BCUT2D eigenvalue weighted by atomic mass is 16.5. The lowest BCUT2D eigenvalue weighted by Crippen LogP contribution is -2.48. The van der Waals surface area contributed by atoms with Crippen LogP contribution in [0.25, 0.3) is 0 Å². The lowest BCUT2D eigenvalue weighted by molar-refractivity contribution is -0.140. The van der Waals surface area contributed by atoms with Crippen molar-refractivity contribution >= 4 is 17.9 Å². The highest BCUT2D eigenvalue weighted by Crippen LogP contribution is 1.89. The largest absolute Gasteiger partial charge is 0.480 e. The minimum absolute atomic E-state index is 0.127. The van der Waals surface area contributed by atoms with E-state index >= 15 is 0 Å². The molecule has 0 aromatic rings. The fourth-order valence-corrected chi connectivity index (χ4v) is 1.25. The number of urea groups is 1. The molecular weight excluding hydrogens is 266 g/mol. The van der Waals surface area contributed by atoms with E-state index in [1.165, 1.54) is 7.11 Å². The summed E-state index contributed by atoms with van der Waals surface area (Å²) in [4.78, 5) is 33.5. The molecule has 0 aliphatic carbocycles. The zero-order chi connectivity index (χ0) is 15.5. The van der Waals surface area contributed by atoms with E-state index in [0.717, 1.165) is 0 Å². The van der Waals surface area contributed by atoms with Crippen LogP contribution < -0.4 is 16.0 Å². The average molecular weight is 289 g/mol. The SMILES string of the molecule is COCC(NC(=O)NCCC(=O)NCC(C)C)C(=O)O. The molecule has 0 saturated carbocycles. The Kier molecular flexibility index (Phi) is 9.10. The first-order valence-electron chi connectivity index (χ1n) is 6.39. The van der Waals surface area contributed by atoms with Crippen molar-refractivity contribution in [3.63, 3.8) is 0 Å². The fourth-order valence-electron chi connectivity index (χ4n) is 1.25. The Balaban J connectivity index is 3.87. The summed E-state index contributed by atoms with van der Waals surface area (Å²) in [5.74, 6) is -0.983. The molecule has 116 valence electrons. The van der Waals surface area contributed by atoms with Crippen molar-refractivity contribution in [1.82, 2.24) is 16.0 Å². The first-order chi connectivity index (χ1) is 9.36. The number of methoxy groups -OCH3 is 1. The predicted octanol–water partition coefficient (Wildman–Crippen LogP) is -0.452. The second kappa shape index (κ2) is 10.0. The fraction of sp³-hybridized carbons (Fsp3) is 0.750. The van der Waals surface area contributed by atoms with Gasteiger partial charge in [-0.15, -0.1) is 0 Å². The Labute approximate surface area is 118 Å². The summed E-state index contributed by atoms with van der Waals surface area (Å²) in [5.41, 5.74) is 0. The number of aliphatic carboxylic acids is 1. The van der Waals surface area contributed by atoms with Crippen LogP contribution in [0.4, 0.5) is 4.79 Å². The van der Waals surface area contributed by atoms with Crippen LogP contribution in [-0.2, 0) is 14.3 Å². The van der Waals surface area contributed by atoms with E-state index < -0.39 is 18.0 Å². The van der Waals surface area contributed by atoms with Gasteiger partial charge in [-0.2, -0.15) is 0 Å². The second-order valence-corrected chi connectivity index (χ2v) is 4.69. The maximum atomic E-state index is 11.4.